The van der Waals surface area contributed by atoms with Crippen molar-refractivity contribution < 1.29 is 9.18 Å². The van der Waals surface area contributed by atoms with Crippen LogP contribution in [0.4, 0.5) is 10.1 Å². The zero-order valence-electron chi connectivity index (χ0n) is 11.9. The number of piperazine rings is 1. The van der Waals surface area contributed by atoms with Crippen molar-refractivity contribution >= 4 is 11.6 Å². The highest BCUT2D eigenvalue weighted by molar-refractivity contribution is 5.78. The monoisotopic (exact) mass is 279 g/mol. The standard InChI is InChI=1S/C15H22FN3O/c1-2-7-17-15(20)12-18-8-10-19(11-9-18)14-6-4-3-5-13(14)16/h3-6H,2,7-12H2,1H3,(H,17,20). The molecule has 1 saturated heterocycles. The van der Waals surface area contributed by atoms with E-state index in [0.29, 0.717) is 12.2 Å². The molecule has 1 aromatic carbocycles. The third-order valence-electron chi connectivity index (χ3n) is 3.50. The molecule has 0 bridgehead atoms. The average Bonchev–Trinajstić information content (AvgIpc) is 2.47. The van der Waals surface area contributed by atoms with E-state index in [1.54, 1.807) is 12.1 Å². The summed E-state index contributed by atoms with van der Waals surface area (Å²) in [5.41, 5.74) is 0.655. The lowest BCUT2D eigenvalue weighted by molar-refractivity contribution is -0.122. The zero-order chi connectivity index (χ0) is 14.4. The molecule has 0 spiro atoms. The Morgan fingerprint density at radius 2 is 1.95 bits per heavy atom. The van der Waals surface area contributed by atoms with Crippen LogP contribution in [0.1, 0.15) is 13.3 Å². The molecule has 4 nitrogen and oxygen atoms in total. The summed E-state index contributed by atoms with van der Waals surface area (Å²) in [6.45, 7) is 6.28. The Morgan fingerprint density at radius 1 is 1.25 bits per heavy atom. The Hall–Kier alpha value is -1.62. The average molecular weight is 279 g/mol. The lowest BCUT2D eigenvalue weighted by Crippen LogP contribution is -2.49. The van der Waals surface area contributed by atoms with Crippen LogP contribution >= 0.6 is 0 Å². The molecule has 0 aliphatic carbocycles. The molecule has 1 aliphatic rings. The molecule has 0 aromatic heterocycles. The predicted octanol–water partition coefficient (Wildman–Crippen LogP) is 1.47. The van der Waals surface area contributed by atoms with Crippen molar-refractivity contribution in [3.8, 4) is 0 Å². The van der Waals surface area contributed by atoms with Crippen molar-refractivity contribution in [1.29, 1.82) is 0 Å². The van der Waals surface area contributed by atoms with Crippen molar-refractivity contribution in [1.82, 2.24) is 10.2 Å². The van der Waals surface area contributed by atoms with Crippen molar-refractivity contribution in [3.05, 3.63) is 30.1 Å². The van der Waals surface area contributed by atoms with Gasteiger partial charge < -0.3 is 10.2 Å². The molecule has 1 fully saturated rings. The van der Waals surface area contributed by atoms with Gasteiger partial charge in [-0.3, -0.25) is 9.69 Å². The Bertz CT molecular complexity index is 444. The van der Waals surface area contributed by atoms with Gasteiger partial charge in [0.15, 0.2) is 0 Å². The first-order chi connectivity index (χ1) is 9.70. The summed E-state index contributed by atoms with van der Waals surface area (Å²) >= 11 is 0. The summed E-state index contributed by atoms with van der Waals surface area (Å²) in [5.74, 6) is -0.104. The van der Waals surface area contributed by atoms with E-state index in [2.05, 4.69) is 10.2 Å². The summed E-state index contributed by atoms with van der Waals surface area (Å²) in [7, 11) is 0. The Labute approximate surface area is 119 Å². The molecule has 0 unspecified atom stereocenters. The number of nitrogens with one attached hydrogen (secondary N) is 1. The third kappa shape index (κ3) is 3.93. The quantitative estimate of drug-likeness (QED) is 0.886. The number of carbonyl (C=O) groups excluding carboxylic acids is 1. The number of nitrogens with zero attached hydrogens (tertiary/aromatic N) is 2. The molecule has 1 amide bonds. The van der Waals surface area contributed by atoms with Crippen LogP contribution in [0.25, 0.3) is 0 Å². The largest absolute Gasteiger partial charge is 0.367 e. The molecule has 20 heavy (non-hydrogen) atoms. The van der Waals surface area contributed by atoms with Crippen LogP contribution in [-0.4, -0.2) is 50.1 Å². The van der Waals surface area contributed by atoms with Gasteiger partial charge in [-0.05, 0) is 18.6 Å². The van der Waals surface area contributed by atoms with E-state index in [9.17, 15) is 9.18 Å². The number of halogens is 1. The number of hydrogen-bond donors (Lipinski definition) is 1. The van der Waals surface area contributed by atoms with Crippen LogP contribution in [0, 0.1) is 5.82 Å². The first-order valence-corrected chi connectivity index (χ1v) is 7.19. The van der Waals surface area contributed by atoms with Gasteiger partial charge in [-0.1, -0.05) is 19.1 Å². The first-order valence-electron chi connectivity index (χ1n) is 7.19. The second-order valence-corrected chi connectivity index (χ2v) is 5.06. The van der Waals surface area contributed by atoms with E-state index >= 15 is 0 Å². The number of anilines is 1. The van der Waals surface area contributed by atoms with Crippen LogP contribution in [0.15, 0.2) is 24.3 Å². The Balaban J connectivity index is 1.81. The first kappa shape index (κ1) is 14.8. The van der Waals surface area contributed by atoms with Crippen molar-refractivity contribution in [2.24, 2.45) is 0 Å². The highest BCUT2D eigenvalue weighted by atomic mass is 19.1. The van der Waals surface area contributed by atoms with E-state index in [4.69, 9.17) is 0 Å². The molecule has 2 rings (SSSR count). The van der Waals surface area contributed by atoms with E-state index < -0.39 is 0 Å². The van der Waals surface area contributed by atoms with Crippen LogP contribution in [0.5, 0.6) is 0 Å². The van der Waals surface area contributed by atoms with Crippen molar-refractivity contribution in [2.75, 3.05) is 44.2 Å². The van der Waals surface area contributed by atoms with Crippen LogP contribution < -0.4 is 10.2 Å². The number of hydrogen-bond acceptors (Lipinski definition) is 3. The van der Waals surface area contributed by atoms with Crippen LogP contribution in [-0.2, 0) is 4.79 Å². The fourth-order valence-corrected chi connectivity index (χ4v) is 2.38. The van der Waals surface area contributed by atoms with Gasteiger partial charge in [-0.25, -0.2) is 4.39 Å². The van der Waals surface area contributed by atoms with Gasteiger partial charge in [0.05, 0.1) is 12.2 Å². The zero-order valence-corrected chi connectivity index (χ0v) is 11.9. The molecule has 1 heterocycles. The van der Waals surface area contributed by atoms with Gasteiger partial charge in [-0.15, -0.1) is 0 Å². The molecule has 0 atom stereocenters. The molecule has 0 radical (unpaired) electrons. The molecular formula is C15H22FN3O. The molecule has 110 valence electrons. The summed E-state index contributed by atoms with van der Waals surface area (Å²) in [4.78, 5) is 15.8. The fourth-order valence-electron chi connectivity index (χ4n) is 2.38. The summed E-state index contributed by atoms with van der Waals surface area (Å²) in [5, 5.41) is 2.88. The lowest BCUT2D eigenvalue weighted by Gasteiger charge is -2.35. The number of carbonyl (C=O) groups is 1. The van der Waals surface area contributed by atoms with Gasteiger partial charge in [0.1, 0.15) is 5.82 Å². The lowest BCUT2D eigenvalue weighted by atomic mass is 10.2. The number of benzene rings is 1. The van der Waals surface area contributed by atoms with E-state index in [-0.39, 0.29) is 11.7 Å². The van der Waals surface area contributed by atoms with Crippen molar-refractivity contribution in [3.63, 3.8) is 0 Å². The van der Waals surface area contributed by atoms with Gasteiger partial charge in [0.25, 0.3) is 0 Å². The van der Waals surface area contributed by atoms with Gasteiger partial charge in [0, 0.05) is 32.7 Å². The van der Waals surface area contributed by atoms with Gasteiger partial charge >= 0.3 is 0 Å². The number of para-hydroxylation sites is 1. The molecule has 1 aliphatic heterocycles. The minimum absolute atomic E-state index is 0.0752. The predicted molar refractivity (Wildman–Crippen MR) is 78.4 cm³/mol. The Morgan fingerprint density at radius 3 is 2.60 bits per heavy atom. The second-order valence-electron chi connectivity index (χ2n) is 5.06. The topological polar surface area (TPSA) is 35.6 Å². The van der Waals surface area contributed by atoms with E-state index in [1.165, 1.54) is 6.07 Å². The summed E-state index contributed by atoms with van der Waals surface area (Å²) in [6.07, 6.45) is 0.951. The van der Waals surface area contributed by atoms with Gasteiger partial charge in [0.2, 0.25) is 5.91 Å². The minimum atomic E-state index is -0.179. The van der Waals surface area contributed by atoms with E-state index in [1.807, 2.05) is 17.9 Å². The molecule has 1 aromatic rings. The van der Waals surface area contributed by atoms with Gasteiger partial charge in [-0.2, -0.15) is 0 Å². The molecule has 5 heteroatoms. The van der Waals surface area contributed by atoms with Crippen LogP contribution in [0.2, 0.25) is 0 Å². The van der Waals surface area contributed by atoms with Crippen LogP contribution in [0.3, 0.4) is 0 Å². The highest BCUT2D eigenvalue weighted by Crippen LogP contribution is 2.19. The normalized spacial score (nSPS) is 16.2. The van der Waals surface area contributed by atoms with Crippen molar-refractivity contribution in [2.45, 2.75) is 13.3 Å². The maximum Gasteiger partial charge on any atom is 0.234 e. The number of amides is 1. The molecular weight excluding hydrogens is 257 g/mol. The smallest absolute Gasteiger partial charge is 0.234 e. The Kier molecular flexibility index (Phi) is 5.35. The molecule has 0 saturated carbocycles. The maximum atomic E-state index is 13.7. The summed E-state index contributed by atoms with van der Waals surface area (Å²) < 4.78 is 13.7. The van der Waals surface area contributed by atoms with E-state index in [0.717, 1.165) is 39.1 Å². The SMILES string of the molecule is CCCNC(=O)CN1CCN(c2ccccc2F)CC1. The summed E-state index contributed by atoms with van der Waals surface area (Å²) in [6, 6.07) is 6.84. The number of rotatable bonds is 5. The molecule has 1 N–H and O–H groups in total. The maximum absolute atomic E-state index is 13.7. The fraction of sp³-hybridized carbons (Fsp3) is 0.533. The minimum Gasteiger partial charge on any atom is -0.367 e. The second kappa shape index (κ2) is 7.24. The highest BCUT2D eigenvalue weighted by Gasteiger charge is 2.20. The third-order valence-corrected chi connectivity index (χ3v) is 3.50.